The fourth-order valence-electron chi connectivity index (χ4n) is 3.10. The molecular weight excluding hydrogens is 479 g/mol. The first-order chi connectivity index (χ1) is 12.5. The molecule has 1 aliphatic carbocycles. The lowest BCUT2D eigenvalue weighted by Crippen LogP contribution is -2.39. The van der Waals surface area contributed by atoms with Gasteiger partial charge in [-0.05, 0) is 32.6 Å². The van der Waals surface area contributed by atoms with Crippen LogP contribution in [-0.2, 0) is 14.8 Å². The van der Waals surface area contributed by atoms with Crippen molar-refractivity contribution in [1.29, 1.82) is 0 Å². The lowest BCUT2D eigenvalue weighted by Gasteiger charge is -2.21. The standard InChI is InChI=1S/C18H38N4O3S.HI/c1-4-19-18(20-13-9-15-22(5-2)26(3,23)24)21-14-10-16-25-17-11-7-6-8-12-17;/h17H,4-16H2,1-3H3,(H2,19,20,21);1H. The minimum absolute atomic E-state index is 0. The molecule has 1 aliphatic rings. The predicted octanol–water partition coefficient (Wildman–Crippen LogP) is 2.57. The number of guanidine groups is 1. The molecule has 0 heterocycles. The van der Waals surface area contributed by atoms with Crippen molar-refractivity contribution in [2.75, 3.05) is 45.6 Å². The maximum atomic E-state index is 11.6. The molecule has 1 rings (SSSR count). The molecule has 0 aromatic carbocycles. The number of ether oxygens (including phenoxy) is 1. The van der Waals surface area contributed by atoms with Crippen molar-refractivity contribution in [1.82, 2.24) is 14.9 Å². The van der Waals surface area contributed by atoms with Crippen LogP contribution in [0.15, 0.2) is 4.99 Å². The molecule has 0 aliphatic heterocycles. The zero-order chi connectivity index (χ0) is 19.3. The maximum Gasteiger partial charge on any atom is 0.211 e. The first-order valence-corrected chi connectivity index (χ1v) is 11.9. The SMILES string of the molecule is CCNC(=NCCCOC1CCCCC1)NCCCN(CC)S(C)(=O)=O.I. The summed E-state index contributed by atoms with van der Waals surface area (Å²) in [7, 11) is -3.11. The summed E-state index contributed by atoms with van der Waals surface area (Å²) in [6.07, 6.45) is 9.73. The van der Waals surface area contributed by atoms with Gasteiger partial charge in [0.15, 0.2) is 5.96 Å². The molecule has 2 N–H and O–H groups in total. The largest absolute Gasteiger partial charge is 0.378 e. The number of rotatable bonds is 12. The van der Waals surface area contributed by atoms with Crippen LogP contribution in [0.2, 0.25) is 0 Å². The van der Waals surface area contributed by atoms with Gasteiger partial charge in [-0.2, -0.15) is 0 Å². The third-order valence-electron chi connectivity index (χ3n) is 4.52. The molecule has 162 valence electrons. The molecule has 1 fully saturated rings. The number of sulfonamides is 1. The third-order valence-corrected chi connectivity index (χ3v) is 5.90. The lowest BCUT2D eigenvalue weighted by molar-refractivity contribution is 0.0281. The van der Waals surface area contributed by atoms with Crippen molar-refractivity contribution in [3.8, 4) is 0 Å². The van der Waals surface area contributed by atoms with E-state index in [-0.39, 0.29) is 24.0 Å². The highest BCUT2D eigenvalue weighted by atomic mass is 127. The molecule has 0 saturated heterocycles. The monoisotopic (exact) mass is 518 g/mol. The summed E-state index contributed by atoms with van der Waals surface area (Å²) < 4.78 is 30.5. The van der Waals surface area contributed by atoms with Gasteiger partial charge >= 0.3 is 0 Å². The minimum atomic E-state index is -3.11. The number of hydrogen-bond donors (Lipinski definition) is 2. The van der Waals surface area contributed by atoms with Gasteiger partial charge in [0.05, 0.1) is 12.4 Å². The Balaban J connectivity index is 0.00000676. The van der Waals surface area contributed by atoms with Gasteiger partial charge in [-0.3, -0.25) is 4.99 Å². The van der Waals surface area contributed by atoms with E-state index in [1.807, 2.05) is 13.8 Å². The van der Waals surface area contributed by atoms with Gasteiger partial charge in [0.1, 0.15) is 0 Å². The Bertz CT molecular complexity index is 497. The fourth-order valence-corrected chi connectivity index (χ4v) is 4.03. The first-order valence-electron chi connectivity index (χ1n) is 10.1. The van der Waals surface area contributed by atoms with Crippen LogP contribution in [0.4, 0.5) is 0 Å². The van der Waals surface area contributed by atoms with E-state index in [4.69, 9.17) is 4.74 Å². The lowest BCUT2D eigenvalue weighted by atomic mass is 9.98. The Morgan fingerprint density at radius 2 is 1.85 bits per heavy atom. The Kier molecular flexibility index (Phi) is 15.7. The molecule has 9 heteroatoms. The number of aliphatic imine (C=N–C) groups is 1. The van der Waals surface area contributed by atoms with Crippen LogP contribution in [0.25, 0.3) is 0 Å². The second-order valence-electron chi connectivity index (χ2n) is 6.78. The van der Waals surface area contributed by atoms with E-state index in [9.17, 15) is 8.42 Å². The predicted molar refractivity (Wildman–Crippen MR) is 124 cm³/mol. The van der Waals surface area contributed by atoms with Crippen molar-refractivity contribution in [3.05, 3.63) is 0 Å². The van der Waals surface area contributed by atoms with Gasteiger partial charge in [-0.15, -0.1) is 24.0 Å². The summed E-state index contributed by atoms with van der Waals surface area (Å²) in [6, 6.07) is 0. The van der Waals surface area contributed by atoms with Crippen LogP contribution in [0, 0.1) is 0 Å². The van der Waals surface area contributed by atoms with Gasteiger partial charge in [0.2, 0.25) is 10.0 Å². The molecule has 1 saturated carbocycles. The quantitative estimate of drug-likeness (QED) is 0.180. The summed E-state index contributed by atoms with van der Waals surface area (Å²) >= 11 is 0. The molecule has 27 heavy (non-hydrogen) atoms. The molecule has 0 bridgehead atoms. The van der Waals surface area contributed by atoms with E-state index in [1.165, 1.54) is 42.7 Å². The Morgan fingerprint density at radius 3 is 2.44 bits per heavy atom. The number of nitrogens with zero attached hydrogens (tertiary/aromatic N) is 2. The number of halogens is 1. The Hall–Kier alpha value is -0.130. The molecule has 0 spiro atoms. The average Bonchev–Trinajstić information content (AvgIpc) is 2.61. The van der Waals surface area contributed by atoms with Crippen molar-refractivity contribution in [2.24, 2.45) is 4.99 Å². The average molecular weight is 519 g/mol. The summed E-state index contributed by atoms with van der Waals surface area (Å²) in [5.74, 6) is 0.785. The van der Waals surface area contributed by atoms with Crippen LogP contribution in [0.1, 0.15) is 58.8 Å². The van der Waals surface area contributed by atoms with E-state index in [0.717, 1.165) is 38.5 Å². The van der Waals surface area contributed by atoms with Crippen molar-refractivity contribution >= 4 is 40.0 Å². The number of nitrogens with one attached hydrogen (secondary N) is 2. The molecular formula is C18H39IN4O3S. The van der Waals surface area contributed by atoms with E-state index in [0.29, 0.717) is 25.7 Å². The summed E-state index contributed by atoms with van der Waals surface area (Å²) in [6.45, 7) is 7.91. The fraction of sp³-hybridized carbons (Fsp3) is 0.944. The van der Waals surface area contributed by atoms with Crippen LogP contribution < -0.4 is 10.6 Å². The van der Waals surface area contributed by atoms with Crippen LogP contribution in [0.5, 0.6) is 0 Å². The second kappa shape index (κ2) is 15.8. The van der Waals surface area contributed by atoms with Gasteiger partial charge in [-0.1, -0.05) is 26.2 Å². The highest BCUT2D eigenvalue weighted by Gasteiger charge is 2.14. The third kappa shape index (κ3) is 12.8. The van der Waals surface area contributed by atoms with Crippen molar-refractivity contribution in [3.63, 3.8) is 0 Å². The normalized spacial score (nSPS) is 16.2. The summed E-state index contributed by atoms with van der Waals surface area (Å²) in [5.41, 5.74) is 0. The second-order valence-corrected chi connectivity index (χ2v) is 8.76. The molecule has 0 amide bonds. The smallest absolute Gasteiger partial charge is 0.211 e. The summed E-state index contributed by atoms with van der Waals surface area (Å²) in [4.78, 5) is 4.56. The van der Waals surface area contributed by atoms with Crippen LogP contribution in [-0.4, -0.2) is 70.4 Å². The minimum Gasteiger partial charge on any atom is -0.378 e. The topological polar surface area (TPSA) is 83.0 Å². The molecule has 7 nitrogen and oxygen atoms in total. The molecule has 0 atom stereocenters. The van der Waals surface area contributed by atoms with Crippen LogP contribution >= 0.6 is 24.0 Å². The molecule has 0 unspecified atom stereocenters. The number of hydrogen-bond acceptors (Lipinski definition) is 4. The van der Waals surface area contributed by atoms with Gasteiger partial charge in [-0.25, -0.2) is 12.7 Å². The van der Waals surface area contributed by atoms with Gasteiger partial charge in [0.25, 0.3) is 0 Å². The summed E-state index contributed by atoms with van der Waals surface area (Å²) in [5, 5.41) is 6.49. The highest BCUT2D eigenvalue weighted by molar-refractivity contribution is 14.0. The highest BCUT2D eigenvalue weighted by Crippen LogP contribution is 2.20. The van der Waals surface area contributed by atoms with E-state index < -0.39 is 10.0 Å². The van der Waals surface area contributed by atoms with E-state index >= 15 is 0 Å². The molecule has 0 aromatic rings. The molecule has 0 radical (unpaired) electrons. The zero-order valence-electron chi connectivity index (χ0n) is 17.2. The molecule has 0 aromatic heterocycles. The first kappa shape index (κ1) is 26.9. The van der Waals surface area contributed by atoms with Crippen molar-refractivity contribution < 1.29 is 13.2 Å². The van der Waals surface area contributed by atoms with Gasteiger partial charge in [0, 0.05) is 39.3 Å². The van der Waals surface area contributed by atoms with E-state index in [2.05, 4.69) is 15.6 Å². The van der Waals surface area contributed by atoms with Crippen molar-refractivity contribution in [2.45, 2.75) is 64.9 Å². The van der Waals surface area contributed by atoms with Crippen LogP contribution in [0.3, 0.4) is 0 Å². The zero-order valence-corrected chi connectivity index (χ0v) is 20.4. The Morgan fingerprint density at radius 1 is 1.15 bits per heavy atom. The Labute approximate surface area is 183 Å². The maximum absolute atomic E-state index is 11.6. The van der Waals surface area contributed by atoms with Gasteiger partial charge < -0.3 is 15.4 Å². The van der Waals surface area contributed by atoms with E-state index in [1.54, 1.807) is 0 Å².